The van der Waals surface area contributed by atoms with Crippen molar-refractivity contribution in [1.82, 2.24) is 0 Å². The van der Waals surface area contributed by atoms with Crippen molar-refractivity contribution >= 4 is 11.8 Å². The lowest BCUT2D eigenvalue weighted by molar-refractivity contribution is 0.00128. The Morgan fingerprint density at radius 1 is 0.938 bits per heavy atom. The van der Waals surface area contributed by atoms with Crippen LogP contribution in [0.2, 0.25) is 0 Å². The zero-order valence-corrected chi connectivity index (χ0v) is 13.2. The number of hydrogen-bond acceptors (Lipinski definition) is 1. The minimum Gasteiger partial charge on any atom is -0.162 e. The molecule has 0 atom stereocenters. The molecule has 1 aliphatic rings. The van der Waals surface area contributed by atoms with Gasteiger partial charge in [0.15, 0.2) is 0 Å². The first kappa shape index (κ1) is 16.4. The normalized spacial score (nSPS) is 20.6. The van der Waals surface area contributed by atoms with E-state index in [0.29, 0.717) is 10.8 Å². The number of rotatable bonds is 5. The molecule has 1 aliphatic carbocycles. The van der Waals surface area contributed by atoms with Crippen LogP contribution >= 0.6 is 11.8 Å². The molecular weight excluding hydrogens is 212 g/mol. The maximum Gasteiger partial charge on any atom is -0.00624 e. The number of thioether (sulfide) groups is 1. The molecule has 0 bridgehead atoms. The highest BCUT2D eigenvalue weighted by atomic mass is 32.2. The zero-order chi connectivity index (χ0) is 12.7. The molecule has 1 fully saturated rings. The Labute approximate surface area is 108 Å². The van der Waals surface area contributed by atoms with E-state index < -0.39 is 0 Å². The first-order valence-corrected chi connectivity index (χ1v) is 8.12. The van der Waals surface area contributed by atoms with Crippen molar-refractivity contribution in [2.75, 3.05) is 11.5 Å². The Morgan fingerprint density at radius 3 is 1.75 bits per heavy atom. The standard InChI is InChI=1S/C11H22S.C4H10/c1-5-12-7-6-11(4)8-10(2,3)9-11;1-3-4-2/h5-9H2,1-4H3;3-4H2,1-2H3. The van der Waals surface area contributed by atoms with E-state index in [1.165, 1.54) is 43.6 Å². The van der Waals surface area contributed by atoms with Gasteiger partial charge in [0.1, 0.15) is 0 Å². The molecule has 0 aromatic heterocycles. The maximum atomic E-state index is 2.45. The fraction of sp³-hybridized carbons (Fsp3) is 1.00. The van der Waals surface area contributed by atoms with Gasteiger partial charge in [-0.2, -0.15) is 11.8 Å². The quantitative estimate of drug-likeness (QED) is 0.554. The van der Waals surface area contributed by atoms with E-state index in [2.05, 4.69) is 53.3 Å². The molecule has 0 nitrogen and oxygen atoms in total. The summed E-state index contributed by atoms with van der Waals surface area (Å²) in [5.41, 5.74) is 1.33. The van der Waals surface area contributed by atoms with Gasteiger partial charge in [0, 0.05) is 0 Å². The van der Waals surface area contributed by atoms with Crippen molar-refractivity contribution in [2.24, 2.45) is 10.8 Å². The molecule has 0 aromatic carbocycles. The molecular formula is C15H32S. The highest BCUT2D eigenvalue weighted by Gasteiger charge is 2.44. The van der Waals surface area contributed by atoms with Crippen molar-refractivity contribution in [2.45, 2.75) is 73.6 Å². The molecule has 0 aromatic rings. The summed E-state index contributed by atoms with van der Waals surface area (Å²) in [6, 6.07) is 0. The first-order valence-electron chi connectivity index (χ1n) is 6.97. The molecule has 1 saturated carbocycles. The average molecular weight is 244 g/mol. The van der Waals surface area contributed by atoms with Crippen LogP contribution in [0, 0.1) is 10.8 Å². The average Bonchev–Trinajstić information content (AvgIpc) is 2.15. The van der Waals surface area contributed by atoms with Gasteiger partial charge in [0.05, 0.1) is 0 Å². The summed E-state index contributed by atoms with van der Waals surface area (Å²) in [4.78, 5) is 0. The van der Waals surface area contributed by atoms with E-state index in [0.717, 1.165) is 0 Å². The summed E-state index contributed by atoms with van der Waals surface area (Å²) in [6.45, 7) is 13.8. The molecule has 0 heterocycles. The predicted octanol–water partition coefficient (Wildman–Crippen LogP) is 5.76. The van der Waals surface area contributed by atoms with Crippen molar-refractivity contribution in [1.29, 1.82) is 0 Å². The second-order valence-corrected chi connectivity index (χ2v) is 7.67. The van der Waals surface area contributed by atoms with Gasteiger partial charge in [0.25, 0.3) is 0 Å². The molecule has 16 heavy (non-hydrogen) atoms. The summed E-state index contributed by atoms with van der Waals surface area (Å²) < 4.78 is 0. The monoisotopic (exact) mass is 244 g/mol. The second kappa shape index (κ2) is 7.63. The molecule has 98 valence electrons. The Balaban J connectivity index is 0.000000487. The van der Waals surface area contributed by atoms with Crippen LogP contribution in [0.15, 0.2) is 0 Å². The van der Waals surface area contributed by atoms with Crippen LogP contribution in [0.5, 0.6) is 0 Å². The molecule has 1 heteroatoms. The molecule has 0 saturated heterocycles. The van der Waals surface area contributed by atoms with Crippen molar-refractivity contribution in [3.8, 4) is 0 Å². The van der Waals surface area contributed by atoms with Gasteiger partial charge in [-0.1, -0.05) is 54.4 Å². The smallest absolute Gasteiger partial charge is 0.00624 e. The van der Waals surface area contributed by atoms with Gasteiger partial charge in [-0.15, -0.1) is 0 Å². The van der Waals surface area contributed by atoms with Crippen LogP contribution < -0.4 is 0 Å². The van der Waals surface area contributed by atoms with Crippen molar-refractivity contribution in [3.05, 3.63) is 0 Å². The zero-order valence-electron chi connectivity index (χ0n) is 12.4. The van der Waals surface area contributed by atoms with Gasteiger partial charge in [-0.25, -0.2) is 0 Å². The molecule has 1 rings (SSSR count). The highest BCUT2D eigenvalue weighted by molar-refractivity contribution is 7.99. The van der Waals surface area contributed by atoms with E-state index >= 15 is 0 Å². The fourth-order valence-corrected chi connectivity index (χ4v) is 3.82. The summed E-state index contributed by atoms with van der Waals surface area (Å²) in [6.07, 6.45) is 6.93. The summed E-state index contributed by atoms with van der Waals surface area (Å²) in [5.74, 6) is 2.64. The lowest BCUT2D eigenvalue weighted by atomic mass is 9.54. The van der Waals surface area contributed by atoms with E-state index in [-0.39, 0.29) is 0 Å². The molecule has 0 spiro atoms. The third kappa shape index (κ3) is 6.83. The maximum absolute atomic E-state index is 2.45. The van der Waals surface area contributed by atoms with Gasteiger partial charge in [-0.3, -0.25) is 0 Å². The van der Waals surface area contributed by atoms with Crippen molar-refractivity contribution < 1.29 is 0 Å². The van der Waals surface area contributed by atoms with Crippen LogP contribution in [0.4, 0.5) is 0 Å². The Hall–Kier alpha value is 0.350. The fourth-order valence-electron chi connectivity index (χ4n) is 2.90. The van der Waals surface area contributed by atoms with Crippen LogP contribution in [-0.4, -0.2) is 11.5 Å². The topological polar surface area (TPSA) is 0 Å². The largest absolute Gasteiger partial charge is 0.162 e. The lowest BCUT2D eigenvalue weighted by Crippen LogP contribution is -2.41. The lowest BCUT2D eigenvalue weighted by Gasteiger charge is -2.51. The van der Waals surface area contributed by atoms with Gasteiger partial charge >= 0.3 is 0 Å². The van der Waals surface area contributed by atoms with Gasteiger partial charge in [0.2, 0.25) is 0 Å². The minimum atomic E-state index is 0.644. The van der Waals surface area contributed by atoms with E-state index in [1.807, 2.05) is 0 Å². The van der Waals surface area contributed by atoms with Crippen molar-refractivity contribution in [3.63, 3.8) is 0 Å². The SMILES string of the molecule is CCCC.CCSCCC1(C)CC(C)(C)C1. The second-order valence-electron chi connectivity index (χ2n) is 6.28. The molecule has 0 unspecified atom stereocenters. The Bertz CT molecular complexity index is 162. The van der Waals surface area contributed by atoms with E-state index in [9.17, 15) is 0 Å². The summed E-state index contributed by atoms with van der Waals surface area (Å²) >= 11 is 2.08. The minimum absolute atomic E-state index is 0.644. The molecule has 0 aliphatic heterocycles. The third-order valence-corrected chi connectivity index (χ3v) is 4.27. The van der Waals surface area contributed by atoms with E-state index in [4.69, 9.17) is 0 Å². The predicted molar refractivity (Wildman–Crippen MR) is 79.3 cm³/mol. The van der Waals surface area contributed by atoms with E-state index in [1.54, 1.807) is 0 Å². The Morgan fingerprint density at radius 2 is 1.44 bits per heavy atom. The summed E-state index contributed by atoms with van der Waals surface area (Å²) in [5, 5.41) is 0. The van der Waals surface area contributed by atoms with Crippen LogP contribution in [0.3, 0.4) is 0 Å². The molecule has 0 radical (unpaired) electrons. The van der Waals surface area contributed by atoms with Crippen LogP contribution in [-0.2, 0) is 0 Å². The molecule has 0 N–H and O–H groups in total. The summed E-state index contributed by atoms with van der Waals surface area (Å²) in [7, 11) is 0. The van der Waals surface area contributed by atoms with Gasteiger partial charge in [-0.05, 0) is 41.6 Å². The van der Waals surface area contributed by atoms with Gasteiger partial charge < -0.3 is 0 Å². The number of unbranched alkanes of at least 4 members (excludes halogenated alkanes) is 1. The van der Waals surface area contributed by atoms with Crippen LogP contribution in [0.1, 0.15) is 73.6 Å². The number of hydrogen-bond donors (Lipinski definition) is 0. The first-order chi connectivity index (χ1) is 7.39. The molecule has 0 amide bonds. The van der Waals surface area contributed by atoms with Crippen LogP contribution in [0.25, 0.3) is 0 Å². The highest BCUT2D eigenvalue weighted by Crippen LogP contribution is 2.55. The third-order valence-electron chi connectivity index (χ3n) is 3.36. The Kier molecular flexibility index (Phi) is 7.80.